The lowest BCUT2D eigenvalue weighted by atomic mass is 10.1. The van der Waals surface area contributed by atoms with E-state index in [9.17, 15) is 4.39 Å². The largest absolute Gasteiger partial charge is 0.374 e. The van der Waals surface area contributed by atoms with E-state index in [1.807, 2.05) is 13.0 Å². The lowest BCUT2D eigenvalue weighted by molar-refractivity contribution is 0.0443. The van der Waals surface area contributed by atoms with Gasteiger partial charge in [0, 0.05) is 5.56 Å². The van der Waals surface area contributed by atoms with Crippen LogP contribution in [0.5, 0.6) is 0 Å². The van der Waals surface area contributed by atoms with E-state index in [0.29, 0.717) is 11.1 Å². The van der Waals surface area contributed by atoms with Crippen LogP contribution in [0.25, 0.3) is 0 Å². The second-order valence-electron chi connectivity index (χ2n) is 4.89. The van der Waals surface area contributed by atoms with Crippen LogP contribution in [0.3, 0.4) is 0 Å². The zero-order valence-corrected chi connectivity index (χ0v) is 11.8. The highest BCUT2D eigenvalue weighted by Crippen LogP contribution is 2.14. The van der Waals surface area contributed by atoms with Gasteiger partial charge < -0.3 is 4.74 Å². The van der Waals surface area contributed by atoms with Gasteiger partial charge in [0.1, 0.15) is 5.82 Å². The number of halogens is 1. The Hall–Kier alpha value is -1.40. The summed E-state index contributed by atoms with van der Waals surface area (Å²) in [4.78, 5) is 0. The van der Waals surface area contributed by atoms with Gasteiger partial charge in [0.25, 0.3) is 0 Å². The molecule has 19 heavy (non-hydrogen) atoms. The summed E-state index contributed by atoms with van der Waals surface area (Å²) in [5, 5.41) is 8.78. The van der Waals surface area contributed by atoms with Gasteiger partial charge in [-0.2, -0.15) is 5.26 Å². The quantitative estimate of drug-likeness (QED) is 0.643. The summed E-state index contributed by atoms with van der Waals surface area (Å²) < 4.78 is 19.2. The molecule has 0 amide bonds. The van der Waals surface area contributed by atoms with Gasteiger partial charge in [0.05, 0.1) is 24.3 Å². The molecule has 0 saturated heterocycles. The Balaban J connectivity index is 2.37. The molecule has 1 atom stereocenters. The van der Waals surface area contributed by atoms with Crippen molar-refractivity contribution in [3.8, 4) is 6.07 Å². The first-order valence-corrected chi connectivity index (χ1v) is 6.97. The maximum absolute atomic E-state index is 13.5. The van der Waals surface area contributed by atoms with Gasteiger partial charge in [-0.3, -0.25) is 0 Å². The maximum Gasteiger partial charge on any atom is 0.128 e. The van der Waals surface area contributed by atoms with Gasteiger partial charge >= 0.3 is 0 Å². The van der Waals surface area contributed by atoms with Crippen LogP contribution < -0.4 is 0 Å². The predicted molar refractivity (Wildman–Crippen MR) is 74.1 cm³/mol. The minimum absolute atomic E-state index is 0.127. The third-order valence-corrected chi connectivity index (χ3v) is 3.16. The zero-order valence-electron chi connectivity index (χ0n) is 11.8. The first kappa shape index (κ1) is 15.7. The summed E-state index contributed by atoms with van der Waals surface area (Å²) in [6.07, 6.45) is 5.98. The van der Waals surface area contributed by atoms with Crippen LogP contribution in [0.4, 0.5) is 4.39 Å². The molecule has 0 fully saturated rings. The van der Waals surface area contributed by atoms with E-state index in [1.54, 1.807) is 6.07 Å². The molecule has 3 heteroatoms. The Morgan fingerprint density at radius 3 is 2.79 bits per heavy atom. The fourth-order valence-electron chi connectivity index (χ4n) is 1.93. The fourth-order valence-corrected chi connectivity index (χ4v) is 1.93. The van der Waals surface area contributed by atoms with Crippen molar-refractivity contribution in [3.05, 3.63) is 35.1 Å². The minimum atomic E-state index is -0.308. The first-order valence-electron chi connectivity index (χ1n) is 6.97. The van der Waals surface area contributed by atoms with E-state index in [-0.39, 0.29) is 18.5 Å². The molecule has 0 aliphatic heterocycles. The standard InChI is InChI=1S/C16H22FNO/c1-3-4-5-6-7-13(2)19-12-15-10-14(11-18)8-9-16(15)17/h8-10,13H,3-7,12H2,1-2H3. The molecular weight excluding hydrogens is 241 g/mol. The molecule has 104 valence electrons. The molecule has 2 nitrogen and oxygen atoms in total. The lowest BCUT2D eigenvalue weighted by Crippen LogP contribution is -2.09. The number of nitriles is 1. The van der Waals surface area contributed by atoms with Crippen molar-refractivity contribution in [1.82, 2.24) is 0 Å². The van der Waals surface area contributed by atoms with Crippen molar-refractivity contribution in [2.24, 2.45) is 0 Å². The highest BCUT2D eigenvalue weighted by atomic mass is 19.1. The Labute approximate surface area is 115 Å². The van der Waals surface area contributed by atoms with E-state index in [4.69, 9.17) is 10.00 Å². The van der Waals surface area contributed by atoms with Crippen LogP contribution >= 0.6 is 0 Å². The molecule has 0 radical (unpaired) electrons. The average molecular weight is 263 g/mol. The minimum Gasteiger partial charge on any atom is -0.374 e. The molecule has 1 unspecified atom stereocenters. The first-order chi connectivity index (χ1) is 9.17. The Kier molecular flexibility index (Phi) is 7.14. The van der Waals surface area contributed by atoms with Crippen molar-refractivity contribution in [1.29, 1.82) is 5.26 Å². The second-order valence-corrected chi connectivity index (χ2v) is 4.89. The molecule has 0 N–H and O–H groups in total. The van der Waals surface area contributed by atoms with Gasteiger partial charge in [0.2, 0.25) is 0 Å². The zero-order chi connectivity index (χ0) is 14.1. The monoisotopic (exact) mass is 263 g/mol. The molecule has 0 bridgehead atoms. The highest BCUT2D eigenvalue weighted by molar-refractivity contribution is 5.33. The van der Waals surface area contributed by atoms with Crippen LogP contribution in [-0.2, 0) is 11.3 Å². The summed E-state index contributed by atoms with van der Waals surface area (Å²) in [6.45, 7) is 4.43. The van der Waals surface area contributed by atoms with Crippen molar-refractivity contribution in [3.63, 3.8) is 0 Å². The summed E-state index contributed by atoms with van der Waals surface area (Å²) in [7, 11) is 0. The second kappa shape index (κ2) is 8.66. The van der Waals surface area contributed by atoms with Gasteiger partial charge in [-0.15, -0.1) is 0 Å². The summed E-state index contributed by atoms with van der Waals surface area (Å²) in [6, 6.07) is 6.36. The van der Waals surface area contributed by atoms with E-state index in [0.717, 1.165) is 12.8 Å². The fraction of sp³-hybridized carbons (Fsp3) is 0.562. The smallest absolute Gasteiger partial charge is 0.128 e. The molecule has 0 aromatic heterocycles. The lowest BCUT2D eigenvalue weighted by Gasteiger charge is -2.13. The van der Waals surface area contributed by atoms with Gasteiger partial charge in [-0.1, -0.05) is 32.6 Å². The summed E-state index contributed by atoms with van der Waals surface area (Å²) in [5.41, 5.74) is 0.926. The Morgan fingerprint density at radius 1 is 1.32 bits per heavy atom. The van der Waals surface area contributed by atoms with E-state index in [1.165, 1.54) is 31.4 Å². The molecular formula is C16H22FNO. The SMILES string of the molecule is CCCCCCC(C)OCc1cc(C#N)ccc1F. The third-order valence-electron chi connectivity index (χ3n) is 3.16. The van der Waals surface area contributed by atoms with E-state index >= 15 is 0 Å². The van der Waals surface area contributed by atoms with Gasteiger partial charge in [-0.25, -0.2) is 4.39 Å². The number of hydrogen-bond acceptors (Lipinski definition) is 2. The Bertz CT molecular complexity index is 425. The third kappa shape index (κ3) is 5.85. The van der Waals surface area contributed by atoms with Gasteiger partial charge in [-0.05, 0) is 31.5 Å². The van der Waals surface area contributed by atoms with E-state index in [2.05, 4.69) is 6.92 Å². The number of rotatable bonds is 8. The molecule has 0 heterocycles. The van der Waals surface area contributed by atoms with Crippen molar-refractivity contribution >= 4 is 0 Å². The predicted octanol–water partition coefficient (Wildman–Crippen LogP) is 4.57. The molecule has 0 saturated carbocycles. The molecule has 0 aliphatic rings. The van der Waals surface area contributed by atoms with Crippen LogP contribution in [0.15, 0.2) is 18.2 Å². The van der Waals surface area contributed by atoms with Crippen LogP contribution in [0.2, 0.25) is 0 Å². The summed E-state index contributed by atoms with van der Waals surface area (Å²) in [5.74, 6) is -0.308. The van der Waals surface area contributed by atoms with Crippen LogP contribution in [0.1, 0.15) is 57.1 Å². The molecule has 1 aromatic rings. The molecule has 1 aromatic carbocycles. The van der Waals surface area contributed by atoms with Crippen molar-refractivity contribution in [2.45, 2.75) is 58.7 Å². The van der Waals surface area contributed by atoms with Gasteiger partial charge in [0.15, 0.2) is 0 Å². The average Bonchev–Trinajstić information content (AvgIpc) is 2.43. The van der Waals surface area contributed by atoms with Crippen molar-refractivity contribution < 1.29 is 9.13 Å². The topological polar surface area (TPSA) is 33.0 Å². The molecule has 1 rings (SSSR count). The van der Waals surface area contributed by atoms with Crippen LogP contribution in [0, 0.1) is 17.1 Å². The number of unbranched alkanes of at least 4 members (excludes halogenated alkanes) is 3. The summed E-state index contributed by atoms with van der Waals surface area (Å²) >= 11 is 0. The molecule has 0 aliphatic carbocycles. The number of benzene rings is 1. The van der Waals surface area contributed by atoms with Crippen LogP contribution in [-0.4, -0.2) is 6.10 Å². The number of ether oxygens (including phenoxy) is 1. The maximum atomic E-state index is 13.5. The number of nitrogens with zero attached hydrogens (tertiary/aromatic N) is 1. The highest BCUT2D eigenvalue weighted by Gasteiger charge is 2.07. The number of hydrogen-bond donors (Lipinski definition) is 0. The van der Waals surface area contributed by atoms with E-state index < -0.39 is 0 Å². The molecule has 0 spiro atoms. The normalized spacial score (nSPS) is 12.1. The van der Waals surface area contributed by atoms with Crippen molar-refractivity contribution in [2.75, 3.05) is 0 Å². The Morgan fingerprint density at radius 2 is 2.11 bits per heavy atom.